The second-order valence-corrected chi connectivity index (χ2v) is 6.90. The molecule has 1 N–H and O–H groups in total. The highest BCUT2D eigenvalue weighted by Crippen LogP contribution is 2.53. The van der Waals surface area contributed by atoms with E-state index in [1.54, 1.807) is 26.0 Å². The number of nitrogens with zero attached hydrogens (tertiary/aromatic N) is 1. The molecule has 2 rings (SSSR count). The largest absolute Gasteiger partial charge is 0.478 e. The standard InChI is InChI=1S/C17H25NO5/c1-7-11-10(15(20)21)8-12(23-11)14(19)18(5)13-9-17(4,22-6)16(13,2)3/h8,13H,7,9H2,1-6H3,(H,20,21). The third-order valence-electron chi connectivity index (χ3n) is 5.59. The lowest BCUT2D eigenvalue weighted by Gasteiger charge is -2.61. The summed E-state index contributed by atoms with van der Waals surface area (Å²) < 4.78 is 11.1. The van der Waals surface area contributed by atoms with Crippen molar-refractivity contribution in [3.8, 4) is 0 Å². The van der Waals surface area contributed by atoms with Crippen molar-refractivity contribution >= 4 is 11.9 Å². The number of aryl methyl sites for hydroxylation is 1. The van der Waals surface area contributed by atoms with E-state index in [2.05, 4.69) is 13.8 Å². The van der Waals surface area contributed by atoms with E-state index < -0.39 is 5.97 Å². The van der Waals surface area contributed by atoms with Gasteiger partial charge in [0.05, 0.1) is 5.60 Å². The van der Waals surface area contributed by atoms with Crippen molar-refractivity contribution in [1.82, 2.24) is 4.90 Å². The van der Waals surface area contributed by atoms with Gasteiger partial charge < -0.3 is 19.2 Å². The second-order valence-electron chi connectivity index (χ2n) is 6.90. The van der Waals surface area contributed by atoms with Crippen molar-refractivity contribution in [2.75, 3.05) is 14.2 Å². The first-order valence-electron chi connectivity index (χ1n) is 7.77. The molecule has 6 heteroatoms. The fraction of sp³-hybridized carbons (Fsp3) is 0.647. The topological polar surface area (TPSA) is 80.0 Å². The number of amides is 1. The van der Waals surface area contributed by atoms with Crippen molar-refractivity contribution in [2.45, 2.75) is 52.2 Å². The fourth-order valence-electron chi connectivity index (χ4n) is 3.37. The number of methoxy groups -OCH3 is 1. The monoisotopic (exact) mass is 323 g/mol. The summed E-state index contributed by atoms with van der Waals surface area (Å²) in [7, 11) is 3.40. The molecule has 0 spiro atoms. The Hall–Kier alpha value is -1.82. The van der Waals surface area contributed by atoms with Crippen LogP contribution in [-0.2, 0) is 11.2 Å². The van der Waals surface area contributed by atoms with Crippen LogP contribution in [0.3, 0.4) is 0 Å². The predicted molar refractivity (Wildman–Crippen MR) is 84.7 cm³/mol. The molecule has 1 saturated carbocycles. The van der Waals surface area contributed by atoms with Gasteiger partial charge in [0.15, 0.2) is 5.76 Å². The number of furan rings is 1. The molecule has 1 heterocycles. The van der Waals surface area contributed by atoms with Gasteiger partial charge in [-0.15, -0.1) is 0 Å². The van der Waals surface area contributed by atoms with E-state index in [0.717, 1.165) is 6.42 Å². The summed E-state index contributed by atoms with van der Waals surface area (Å²) in [5, 5.41) is 9.18. The number of rotatable bonds is 5. The second kappa shape index (κ2) is 5.67. The molecule has 0 radical (unpaired) electrons. The van der Waals surface area contributed by atoms with Crippen LogP contribution in [0, 0.1) is 5.41 Å². The number of carbonyl (C=O) groups is 2. The van der Waals surface area contributed by atoms with Crippen molar-refractivity contribution in [3.63, 3.8) is 0 Å². The SMILES string of the molecule is CCc1oc(C(=O)N(C)C2CC(C)(OC)C2(C)C)cc1C(=O)O. The van der Waals surface area contributed by atoms with Gasteiger partial charge in [0.1, 0.15) is 11.3 Å². The van der Waals surface area contributed by atoms with Gasteiger partial charge in [-0.1, -0.05) is 20.8 Å². The molecule has 1 aliphatic carbocycles. The number of carbonyl (C=O) groups excluding carboxylic acids is 1. The summed E-state index contributed by atoms with van der Waals surface area (Å²) in [5.74, 6) is -0.987. The molecule has 0 aliphatic heterocycles. The summed E-state index contributed by atoms with van der Waals surface area (Å²) in [6.07, 6.45) is 1.15. The molecular formula is C17H25NO5. The van der Waals surface area contributed by atoms with Crippen LogP contribution in [0.4, 0.5) is 0 Å². The Morgan fingerprint density at radius 1 is 1.43 bits per heavy atom. The van der Waals surface area contributed by atoms with Gasteiger partial charge in [-0.25, -0.2) is 4.79 Å². The summed E-state index contributed by atoms with van der Waals surface area (Å²) >= 11 is 0. The van der Waals surface area contributed by atoms with Crippen LogP contribution in [0.25, 0.3) is 0 Å². The average molecular weight is 323 g/mol. The molecular weight excluding hydrogens is 298 g/mol. The number of carboxylic acids is 1. The van der Waals surface area contributed by atoms with Crippen LogP contribution in [0.2, 0.25) is 0 Å². The highest BCUT2D eigenvalue weighted by molar-refractivity contribution is 5.96. The maximum Gasteiger partial charge on any atom is 0.339 e. The van der Waals surface area contributed by atoms with E-state index in [-0.39, 0.29) is 34.3 Å². The van der Waals surface area contributed by atoms with E-state index in [4.69, 9.17) is 9.15 Å². The van der Waals surface area contributed by atoms with E-state index in [1.165, 1.54) is 6.07 Å². The first-order valence-corrected chi connectivity index (χ1v) is 7.77. The lowest BCUT2D eigenvalue weighted by Crippen LogP contribution is -2.68. The number of ether oxygens (including phenoxy) is 1. The molecule has 6 nitrogen and oxygen atoms in total. The molecule has 2 unspecified atom stereocenters. The summed E-state index contributed by atoms with van der Waals surface area (Å²) in [6.45, 7) is 7.96. The minimum atomic E-state index is -1.08. The van der Waals surface area contributed by atoms with E-state index >= 15 is 0 Å². The molecule has 2 atom stereocenters. The van der Waals surface area contributed by atoms with Gasteiger partial charge >= 0.3 is 5.97 Å². The maximum atomic E-state index is 12.7. The van der Waals surface area contributed by atoms with Gasteiger partial charge in [0.2, 0.25) is 0 Å². The molecule has 128 valence electrons. The van der Waals surface area contributed by atoms with E-state index in [0.29, 0.717) is 12.2 Å². The maximum absolute atomic E-state index is 12.7. The zero-order chi connectivity index (χ0) is 17.6. The van der Waals surface area contributed by atoms with Crippen molar-refractivity contribution in [3.05, 3.63) is 23.2 Å². The molecule has 1 aromatic rings. The van der Waals surface area contributed by atoms with E-state index in [1.807, 2.05) is 6.92 Å². The highest BCUT2D eigenvalue weighted by atomic mass is 16.5. The number of aromatic carboxylic acids is 1. The van der Waals surface area contributed by atoms with Crippen molar-refractivity contribution in [2.24, 2.45) is 5.41 Å². The number of hydrogen-bond acceptors (Lipinski definition) is 4. The lowest BCUT2D eigenvalue weighted by atomic mass is 9.55. The summed E-state index contributed by atoms with van der Waals surface area (Å²) in [4.78, 5) is 25.5. The Morgan fingerprint density at radius 3 is 2.43 bits per heavy atom. The first-order chi connectivity index (χ1) is 10.6. The van der Waals surface area contributed by atoms with Gasteiger partial charge in [-0.2, -0.15) is 0 Å². The quantitative estimate of drug-likeness (QED) is 0.901. The van der Waals surface area contributed by atoms with Crippen LogP contribution in [0.5, 0.6) is 0 Å². The normalized spacial score (nSPS) is 25.7. The number of carboxylic acid groups (broad SMARTS) is 1. The predicted octanol–water partition coefficient (Wildman–Crippen LogP) is 2.82. The van der Waals surface area contributed by atoms with Gasteiger partial charge in [0, 0.05) is 38.1 Å². The molecule has 1 aliphatic rings. The van der Waals surface area contributed by atoms with Gasteiger partial charge in [0.25, 0.3) is 5.91 Å². The zero-order valence-electron chi connectivity index (χ0n) is 14.6. The third kappa shape index (κ3) is 2.55. The molecule has 0 saturated heterocycles. The summed E-state index contributed by atoms with van der Waals surface area (Å²) in [6, 6.07) is 1.32. The van der Waals surface area contributed by atoms with Crippen molar-refractivity contribution in [1.29, 1.82) is 0 Å². The minimum absolute atomic E-state index is 0.00315. The lowest BCUT2D eigenvalue weighted by molar-refractivity contribution is -0.198. The molecule has 1 fully saturated rings. The Morgan fingerprint density at radius 2 is 2.04 bits per heavy atom. The zero-order valence-corrected chi connectivity index (χ0v) is 14.6. The molecule has 0 bridgehead atoms. The molecule has 23 heavy (non-hydrogen) atoms. The summed E-state index contributed by atoms with van der Waals surface area (Å²) in [5.41, 5.74) is -0.433. The third-order valence-corrected chi connectivity index (χ3v) is 5.59. The van der Waals surface area contributed by atoms with Crippen LogP contribution in [-0.4, -0.2) is 47.7 Å². The average Bonchev–Trinajstić information content (AvgIpc) is 2.95. The van der Waals surface area contributed by atoms with Crippen LogP contribution in [0.15, 0.2) is 10.5 Å². The minimum Gasteiger partial charge on any atom is -0.478 e. The Bertz CT molecular complexity index is 633. The molecule has 1 aromatic heterocycles. The molecule has 1 amide bonds. The molecule has 0 aromatic carbocycles. The van der Waals surface area contributed by atoms with Crippen LogP contribution < -0.4 is 0 Å². The van der Waals surface area contributed by atoms with Gasteiger partial charge in [-0.05, 0) is 13.3 Å². The fourth-order valence-corrected chi connectivity index (χ4v) is 3.37. The van der Waals surface area contributed by atoms with E-state index in [9.17, 15) is 14.7 Å². The van der Waals surface area contributed by atoms with Crippen LogP contribution in [0.1, 0.15) is 60.8 Å². The first kappa shape index (κ1) is 17.5. The van der Waals surface area contributed by atoms with Gasteiger partial charge in [-0.3, -0.25) is 4.79 Å². The van der Waals surface area contributed by atoms with Crippen LogP contribution >= 0.6 is 0 Å². The number of hydrogen-bond donors (Lipinski definition) is 1. The smallest absolute Gasteiger partial charge is 0.339 e. The highest BCUT2D eigenvalue weighted by Gasteiger charge is 2.60. The van der Waals surface area contributed by atoms with Crippen molar-refractivity contribution < 1.29 is 23.8 Å². The Labute approximate surface area is 136 Å². The Kier molecular flexibility index (Phi) is 4.32. The Balaban J connectivity index is 2.23.